The fourth-order valence-corrected chi connectivity index (χ4v) is 1.26. The Labute approximate surface area is 55.9 Å². The van der Waals surface area contributed by atoms with Crippen LogP contribution in [-0.2, 0) is 0 Å². The maximum Gasteiger partial charge on any atom is 0.295 e. The lowest BCUT2D eigenvalue weighted by atomic mass is 10.7. The van der Waals surface area contributed by atoms with Gasteiger partial charge in [0.05, 0.1) is 0 Å². The predicted molar refractivity (Wildman–Crippen MR) is 40.2 cm³/mol. The van der Waals surface area contributed by atoms with Crippen LogP contribution in [0.4, 0.5) is 4.79 Å². The minimum atomic E-state index is -0.519. The molecule has 0 atom stereocenters. The first-order chi connectivity index (χ1) is 3.79. The normalized spacial score (nSPS) is 18.5. The molecule has 1 amide bonds. The summed E-state index contributed by atoms with van der Waals surface area (Å²) in [5, 5.41) is 3.48. The van der Waals surface area contributed by atoms with E-state index in [0.29, 0.717) is 5.84 Å². The molecule has 3 N–H and O–H groups in total. The van der Waals surface area contributed by atoms with Crippen molar-refractivity contribution < 1.29 is 4.79 Å². The SMILES string of the molecule is NC1=NNC(=O)I=C1. The van der Waals surface area contributed by atoms with Crippen LogP contribution in [0.5, 0.6) is 0 Å². The molecule has 0 bridgehead atoms. The Balaban J connectivity index is 2.71. The summed E-state index contributed by atoms with van der Waals surface area (Å²) in [5.74, 6) is 0.428. The fourth-order valence-electron chi connectivity index (χ4n) is 0.263. The summed E-state index contributed by atoms with van der Waals surface area (Å²) >= 11 is -0.519. The summed E-state index contributed by atoms with van der Waals surface area (Å²) in [7, 11) is 0. The van der Waals surface area contributed by atoms with Gasteiger partial charge in [-0.25, -0.2) is 5.43 Å². The Kier molecular flexibility index (Phi) is 1.56. The summed E-state index contributed by atoms with van der Waals surface area (Å²) in [5.41, 5.74) is 7.48. The quantitative estimate of drug-likeness (QED) is 0.339. The number of nitrogens with one attached hydrogen (secondary N) is 1. The van der Waals surface area contributed by atoms with Gasteiger partial charge in [0.15, 0.2) is 0 Å². The van der Waals surface area contributed by atoms with E-state index in [1.165, 1.54) is 0 Å². The lowest BCUT2D eigenvalue weighted by molar-refractivity contribution is 0.263. The van der Waals surface area contributed by atoms with Crippen LogP contribution in [0.15, 0.2) is 5.10 Å². The maximum absolute atomic E-state index is 10.4. The van der Waals surface area contributed by atoms with Gasteiger partial charge in [-0.3, -0.25) is 4.79 Å². The largest absolute Gasteiger partial charge is 0.382 e. The van der Waals surface area contributed by atoms with Gasteiger partial charge in [0.2, 0.25) is 0 Å². The zero-order chi connectivity index (χ0) is 5.98. The van der Waals surface area contributed by atoms with E-state index in [1.54, 1.807) is 4.01 Å². The molecular weight excluding hydrogens is 221 g/mol. The number of halogens is 1. The molecule has 0 aromatic rings. The zero-order valence-electron chi connectivity index (χ0n) is 3.89. The van der Waals surface area contributed by atoms with Gasteiger partial charge >= 0.3 is 0 Å². The van der Waals surface area contributed by atoms with Crippen LogP contribution in [0.2, 0.25) is 0 Å². The number of amidine groups is 1. The van der Waals surface area contributed by atoms with Crippen LogP contribution in [-0.4, -0.2) is 13.8 Å². The second-order valence-electron chi connectivity index (χ2n) is 1.14. The van der Waals surface area contributed by atoms with E-state index in [1.807, 2.05) is 0 Å². The number of carbonyl (C=O) groups excluding carboxylic acids is 1. The zero-order valence-corrected chi connectivity index (χ0v) is 6.05. The number of hydrazone groups is 1. The molecule has 5 heteroatoms. The molecule has 0 aromatic heterocycles. The molecule has 0 aliphatic carbocycles. The monoisotopic (exact) mass is 225 g/mol. The van der Waals surface area contributed by atoms with Crippen LogP contribution < -0.4 is 11.2 Å². The smallest absolute Gasteiger partial charge is 0.295 e. The summed E-state index contributed by atoms with van der Waals surface area (Å²) in [6, 6.07) is 0. The molecule has 1 aliphatic heterocycles. The number of nitrogens with zero attached hydrogens (tertiary/aromatic N) is 1. The number of hydrogen-bond acceptors (Lipinski definition) is 3. The molecule has 0 unspecified atom stereocenters. The maximum atomic E-state index is 10.4. The van der Waals surface area contributed by atoms with Crippen molar-refractivity contribution in [2.24, 2.45) is 10.8 Å². The van der Waals surface area contributed by atoms with Gasteiger partial charge in [-0.15, -0.1) is 0 Å². The Bertz CT molecular complexity index is 171. The fraction of sp³-hybridized carbons (Fsp3) is 0. The third kappa shape index (κ3) is 1.25. The van der Waals surface area contributed by atoms with Crippen molar-refractivity contribution in [3.8, 4) is 0 Å². The van der Waals surface area contributed by atoms with E-state index in [0.717, 1.165) is 0 Å². The summed E-state index contributed by atoms with van der Waals surface area (Å²) in [4.78, 5) is 10.4. The molecule has 0 fully saturated rings. The molecule has 0 aromatic carbocycles. The van der Waals surface area contributed by atoms with Crippen LogP contribution in [0.25, 0.3) is 0 Å². The molecular formula is C3H4IN3O. The van der Waals surface area contributed by atoms with Crippen LogP contribution >= 0.6 is 20.7 Å². The Morgan fingerprint density at radius 2 is 2.62 bits per heavy atom. The highest BCUT2D eigenvalue weighted by Gasteiger charge is 1.98. The molecule has 1 rings (SSSR count). The minimum absolute atomic E-state index is 0.00185. The molecule has 0 saturated carbocycles. The van der Waals surface area contributed by atoms with Gasteiger partial charge in [-0.1, -0.05) is 0 Å². The molecule has 1 heterocycles. The van der Waals surface area contributed by atoms with E-state index in [4.69, 9.17) is 5.73 Å². The second kappa shape index (κ2) is 2.21. The third-order valence-electron chi connectivity index (χ3n) is 0.538. The number of amides is 1. The van der Waals surface area contributed by atoms with E-state index in [9.17, 15) is 4.79 Å². The second-order valence-corrected chi connectivity index (χ2v) is 3.37. The van der Waals surface area contributed by atoms with Crippen LogP contribution in [0, 0.1) is 0 Å². The highest BCUT2D eigenvalue weighted by atomic mass is 127. The number of hydrogen-bond donors (Lipinski definition) is 2. The minimum Gasteiger partial charge on any atom is -0.382 e. The Hall–Kier alpha value is -0.460. The standard InChI is InChI=1S/C3H4IN3O/c5-2-1-4-3(8)7-6-2/h1H,(H2,5,6)(H,7,8). The van der Waals surface area contributed by atoms with E-state index < -0.39 is 20.7 Å². The number of rotatable bonds is 0. The first-order valence-corrected chi connectivity index (χ1v) is 4.21. The topological polar surface area (TPSA) is 67.5 Å². The summed E-state index contributed by atoms with van der Waals surface area (Å²) < 4.78 is 1.68. The highest BCUT2D eigenvalue weighted by molar-refractivity contribution is 14.2. The van der Waals surface area contributed by atoms with E-state index in [2.05, 4.69) is 10.5 Å². The van der Waals surface area contributed by atoms with Crippen molar-refractivity contribution in [3.63, 3.8) is 0 Å². The Morgan fingerprint density at radius 1 is 1.88 bits per heavy atom. The van der Waals surface area contributed by atoms with Crippen molar-refractivity contribution in [2.75, 3.05) is 0 Å². The number of nitrogens with two attached hydrogens (primary N) is 1. The van der Waals surface area contributed by atoms with E-state index in [-0.39, 0.29) is 3.91 Å². The summed E-state index contributed by atoms with van der Waals surface area (Å²) in [6.45, 7) is 0. The van der Waals surface area contributed by atoms with Crippen molar-refractivity contribution >= 4 is 34.5 Å². The van der Waals surface area contributed by atoms with Gasteiger partial charge in [0.1, 0.15) is 5.84 Å². The lowest BCUT2D eigenvalue weighted by Gasteiger charge is -1.97. The van der Waals surface area contributed by atoms with Crippen molar-refractivity contribution in [1.29, 1.82) is 0 Å². The average molecular weight is 225 g/mol. The molecule has 8 heavy (non-hydrogen) atoms. The van der Waals surface area contributed by atoms with Gasteiger partial charge in [-0.05, 0) is 20.7 Å². The highest BCUT2D eigenvalue weighted by Crippen LogP contribution is 1.98. The van der Waals surface area contributed by atoms with Crippen molar-refractivity contribution in [1.82, 2.24) is 5.43 Å². The molecule has 0 radical (unpaired) electrons. The molecule has 0 saturated heterocycles. The van der Waals surface area contributed by atoms with Crippen molar-refractivity contribution in [3.05, 3.63) is 0 Å². The lowest BCUT2D eigenvalue weighted by Crippen LogP contribution is -2.23. The molecule has 44 valence electrons. The summed E-state index contributed by atoms with van der Waals surface area (Å²) in [6.07, 6.45) is 0. The van der Waals surface area contributed by atoms with Gasteiger partial charge in [0.25, 0.3) is 3.91 Å². The van der Waals surface area contributed by atoms with Gasteiger partial charge in [0, 0.05) is 4.01 Å². The first kappa shape index (κ1) is 5.67. The first-order valence-electron chi connectivity index (χ1n) is 1.89. The van der Waals surface area contributed by atoms with Crippen LogP contribution in [0.1, 0.15) is 0 Å². The van der Waals surface area contributed by atoms with Gasteiger partial charge in [-0.2, -0.15) is 5.10 Å². The molecule has 4 nitrogen and oxygen atoms in total. The molecule has 1 aliphatic rings. The average Bonchev–Trinajstić information content (AvgIpc) is 1.77. The Morgan fingerprint density at radius 3 is 3.00 bits per heavy atom. The molecule has 0 spiro atoms. The van der Waals surface area contributed by atoms with Crippen molar-refractivity contribution in [2.45, 2.75) is 0 Å². The third-order valence-corrected chi connectivity index (χ3v) is 2.29. The predicted octanol–water partition coefficient (Wildman–Crippen LogP) is -0.245. The van der Waals surface area contributed by atoms with Crippen LogP contribution in [0.3, 0.4) is 0 Å². The number of carbonyl (C=O) groups is 1. The van der Waals surface area contributed by atoms with E-state index >= 15 is 0 Å². The van der Waals surface area contributed by atoms with Gasteiger partial charge < -0.3 is 5.73 Å².